The second kappa shape index (κ2) is 11.8. The smallest absolute Gasteiger partial charge is 0.337 e. The average molecular weight is 582 g/mol. The second-order valence-electron chi connectivity index (χ2n) is 9.78. The van der Waals surface area contributed by atoms with Crippen molar-refractivity contribution in [1.29, 1.82) is 0 Å². The summed E-state index contributed by atoms with van der Waals surface area (Å²) in [4.78, 5) is 21.9. The first-order chi connectivity index (χ1) is 19.9. The van der Waals surface area contributed by atoms with Gasteiger partial charge in [-0.25, -0.2) is 18.6 Å². The monoisotopic (exact) mass is 581 g/mol. The van der Waals surface area contributed by atoms with E-state index in [0.29, 0.717) is 45.1 Å². The Balaban J connectivity index is 1.21. The van der Waals surface area contributed by atoms with E-state index < -0.39 is 17.7 Å². The minimum absolute atomic E-state index is 0.0507. The molecule has 0 atom stereocenters. The Morgan fingerprint density at radius 3 is 2.39 bits per heavy atom. The summed E-state index contributed by atoms with van der Waals surface area (Å²) in [6.45, 7) is 5.46. The van der Waals surface area contributed by atoms with Gasteiger partial charge < -0.3 is 25.1 Å². The zero-order valence-corrected chi connectivity index (χ0v) is 22.9. The number of hydrogen-bond donors (Lipinski definition) is 4. The number of hydroxylamine groups is 2. The van der Waals surface area contributed by atoms with Crippen molar-refractivity contribution in [2.24, 2.45) is 0 Å². The molecule has 2 aliphatic rings. The van der Waals surface area contributed by atoms with Crippen molar-refractivity contribution in [1.82, 2.24) is 15.5 Å². The van der Waals surface area contributed by atoms with Crippen LogP contribution in [0.25, 0.3) is 21.3 Å². The molecule has 10 nitrogen and oxygen atoms in total. The number of piperazine rings is 1. The average Bonchev–Trinajstić information content (AvgIpc) is 3.42. The molecule has 0 radical (unpaired) electrons. The van der Waals surface area contributed by atoms with Gasteiger partial charge in [0.2, 0.25) is 0 Å². The molecule has 0 bridgehead atoms. The van der Waals surface area contributed by atoms with Gasteiger partial charge in [-0.1, -0.05) is 23.5 Å². The van der Waals surface area contributed by atoms with Gasteiger partial charge in [0.25, 0.3) is 0 Å². The SMILES string of the molecule is O=C(NNc1ccc(F)cc1F)Nc1ccc(-c2cc(N3CCOCC3)c3nc(N4CCN(O)CC4)sc3c2)cc1. The van der Waals surface area contributed by atoms with Gasteiger partial charge in [0.15, 0.2) is 10.9 Å². The van der Waals surface area contributed by atoms with Crippen molar-refractivity contribution in [3.8, 4) is 11.1 Å². The number of urea groups is 1. The van der Waals surface area contributed by atoms with Gasteiger partial charge >= 0.3 is 6.03 Å². The summed E-state index contributed by atoms with van der Waals surface area (Å²) in [5.74, 6) is -1.52. The number of thiazole rings is 1. The van der Waals surface area contributed by atoms with E-state index in [0.717, 1.165) is 57.4 Å². The molecule has 3 heterocycles. The van der Waals surface area contributed by atoms with E-state index in [1.165, 1.54) is 11.1 Å². The van der Waals surface area contributed by atoms with Gasteiger partial charge in [-0.05, 0) is 47.5 Å². The van der Waals surface area contributed by atoms with Crippen LogP contribution < -0.4 is 26.0 Å². The summed E-state index contributed by atoms with van der Waals surface area (Å²) >= 11 is 1.65. The molecular weight excluding hydrogens is 552 g/mol. The molecule has 41 heavy (non-hydrogen) atoms. The molecule has 0 unspecified atom stereocenters. The van der Waals surface area contributed by atoms with Crippen LogP contribution in [0.4, 0.5) is 35.8 Å². The van der Waals surface area contributed by atoms with Crippen molar-refractivity contribution in [3.05, 3.63) is 66.2 Å². The van der Waals surface area contributed by atoms with E-state index in [9.17, 15) is 18.8 Å². The highest BCUT2D eigenvalue weighted by Gasteiger charge is 2.22. The molecule has 2 amide bonds. The fourth-order valence-corrected chi connectivity index (χ4v) is 5.94. The van der Waals surface area contributed by atoms with Crippen LogP contribution in [-0.4, -0.2) is 73.8 Å². The molecule has 0 aliphatic carbocycles. The molecular formula is C28H29F2N7O3S. The number of halogens is 2. The van der Waals surface area contributed by atoms with Crippen LogP contribution in [0.2, 0.25) is 0 Å². The molecule has 0 spiro atoms. The largest absolute Gasteiger partial charge is 0.378 e. The van der Waals surface area contributed by atoms with E-state index >= 15 is 0 Å². The number of hydrazine groups is 1. The lowest BCUT2D eigenvalue weighted by molar-refractivity contribution is -0.0935. The molecule has 2 aliphatic heterocycles. The van der Waals surface area contributed by atoms with E-state index in [4.69, 9.17) is 9.72 Å². The van der Waals surface area contributed by atoms with Crippen LogP contribution in [0.1, 0.15) is 0 Å². The maximum atomic E-state index is 13.8. The Morgan fingerprint density at radius 1 is 0.902 bits per heavy atom. The van der Waals surface area contributed by atoms with Gasteiger partial charge in [-0.2, -0.15) is 5.06 Å². The normalized spacial score (nSPS) is 16.2. The standard InChI is InChI=1S/C28H29F2N7O3S/c29-20-3-6-23(22(30)17-20)33-34-27(38)31-21-4-1-18(2-5-21)19-15-24(35-11-13-40-14-12-35)26-25(16-19)41-28(32-26)36-7-9-37(39)10-8-36/h1-6,15-17,33,39H,7-14H2,(H2,31,34,38). The number of anilines is 4. The molecule has 4 aromatic rings. The number of carbonyl (C=O) groups excluding carboxylic acids is 1. The number of hydrogen-bond acceptors (Lipinski definition) is 9. The first-order valence-corrected chi connectivity index (χ1v) is 14.1. The molecule has 6 rings (SSSR count). The fraction of sp³-hybridized carbons (Fsp3) is 0.286. The lowest BCUT2D eigenvalue weighted by Crippen LogP contribution is -2.44. The highest BCUT2D eigenvalue weighted by molar-refractivity contribution is 7.22. The number of nitrogens with one attached hydrogen (secondary N) is 3. The van der Waals surface area contributed by atoms with Crippen molar-refractivity contribution < 1.29 is 23.5 Å². The number of fused-ring (bicyclic) bond motifs is 1. The van der Waals surface area contributed by atoms with Crippen molar-refractivity contribution in [2.75, 3.05) is 73.0 Å². The van der Waals surface area contributed by atoms with E-state index in [-0.39, 0.29) is 5.69 Å². The molecule has 4 N–H and O–H groups in total. The summed E-state index contributed by atoms with van der Waals surface area (Å²) in [5.41, 5.74) is 9.30. The van der Waals surface area contributed by atoms with Gasteiger partial charge in [0.05, 0.1) is 29.3 Å². The first kappa shape index (κ1) is 27.1. The minimum Gasteiger partial charge on any atom is -0.378 e. The van der Waals surface area contributed by atoms with Crippen LogP contribution in [0, 0.1) is 11.6 Å². The van der Waals surface area contributed by atoms with Crippen LogP contribution in [0.3, 0.4) is 0 Å². The van der Waals surface area contributed by atoms with E-state index in [2.05, 4.69) is 38.1 Å². The first-order valence-electron chi connectivity index (χ1n) is 13.3. The van der Waals surface area contributed by atoms with Gasteiger partial charge in [-0.3, -0.25) is 10.9 Å². The third-order valence-corrected chi connectivity index (χ3v) is 8.12. The maximum absolute atomic E-state index is 13.8. The Morgan fingerprint density at radius 2 is 1.66 bits per heavy atom. The predicted molar refractivity (Wildman–Crippen MR) is 156 cm³/mol. The summed E-state index contributed by atoms with van der Waals surface area (Å²) < 4.78 is 33.5. The Bertz CT molecular complexity index is 1540. The van der Waals surface area contributed by atoms with Gasteiger partial charge in [0, 0.05) is 51.0 Å². The molecule has 3 aromatic carbocycles. The summed E-state index contributed by atoms with van der Waals surface area (Å²) in [6.07, 6.45) is 0. The zero-order chi connectivity index (χ0) is 28.3. The van der Waals surface area contributed by atoms with Gasteiger partial charge in [-0.15, -0.1) is 0 Å². The topological polar surface area (TPSA) is 105 Å². The molecule has 1 aromatic heterocycles. The van der Waals surface area contributed by atoms with Crippen LogP contribution in [-0.2, 0) is 4.74 Å². The van der Waals surface area contributed by atoms with Gasteiger partial charge in [0.1, 0.15) is 11.3 Å². The maximum Gasteiger partial charge on any atom is 0.337 e. The number of rotatable bonds is 6. The summed E-state index contributed by atoms with van der Waals surface area (Å²) in [7, 11) is 0. The van der Waals surface area contributed by atoms with E-state index in [1.807, 2.05) is 12.1 Å². The third kappa shape index (κ3) is 6.17. The lowest BCUT2D eigenvalue weighted by Gasteiger charge is -2.30. The van der Waals surface area contributed by atoms with Crippen LogP contribution >= 0.6 is 11.3 Å². The number of carbonyl (C=O) groups is 1. The van der Waals surface area contributed by atoms with Crippen LogP contribution in [0.15, 0.2) is 54.6 Å². The second-order valence-corrected chi connectivity index (χ2v) is 10.8. The van der Waals surface area contributed by atoms with E-state index in [1.54, 1.807) is 23.5 Å². The number of ether oxygens (including phenoxy) is 1. The lowest BCUT2D eigenvalue weighted by atomic mass is 10.0. The Labute approximate surface area is 239 Å². The summed E-state index contributed by atoms with van der Waals surface area (Å²) in [6, 6.07) is 14.1. The highest BCUT2D eigenvalue weighted by atomic mass is 32.1. The molecule has 13 heteroatoms. The van der Waals surface area contributed by atoms with Crippen molar-refractivity contribution in [3.63, 3.8) is 0 Å². The molecule has 2 fully saturated rings. The summed E-state index contributed by atoms with van der Waals surface area (Å²) in [5, 5.41) is 14.7. The Kier molecular flexibility index (Phi) is 7.83. The highest BCUT2D eigenvalue weighted by Crippen LogP contribution is 2.39. The van der Waals surface area contributed by atoms with Crippen LogP contribution in [0.5, 0.6) is 0 Å². The fourth-order valence-electron chi connectivity index (χ4n) is 4.86. The third-order valence-electron chi connectivity index (χ3n) is 7.06. The number of benzene rings is 3. The Hall–Kier alpha value is -4.04. The molecule has 0 saturated carbocycles. The molecule has 214 valence electrons. The number of nitrogens with zero attached hydrogens (tertiary/aromatic N) is 4. The number of aromatic nitrogens is 1. The quantitative estimate of drug-likeness (QED) is 0.242. The zero-order valence-electron chi connectivity index (χ0n) is 22.1. The van der Waals surface area contributed by atoms with Crippen molar-refractivity contribution in [2.45, 2.75) is 0 Å². The minimum atomic E-state index is -0.816. The van der Waals surface area contributed by atoms with Crippen molar-refractivity contribution >= 4 is 49.8 Å². The predicted octanol–water partition coefficient (Wildman–Crippen LogP) is 4.74. The number of morpholine rings is 1. The molecule has 2 saturated heterocycles. The number of amides is 2.